The van der Waals surface area contributed by atoms with Crippen LogP contribution in [-0.4, -0.2) is 29.4 Å². The number of para-hydroxylation sites is 2. The molecule has 0 aliphatic rings. The Hall–Kier alpha value is -2.40. The van der Waals surface area contributed by atoms with Crippen molar-refractivity contribution in [3.63, 3.8) is 0 Å². The van der Waals surface area contributed by atoms with Crippen LogP contribution in [0.3, 0.4) is 0 Å². The summed E-state index contributed by atoms with van der Waals surface area (Å²) in [5, 5.41) is 0.953. The number of thioether (sulfide) groups is 1. The molecule has 0 bridgehead atoms. The van der Waals surface area contributed by atoms with Crippen LogP contribution in [0, 0.1) is 0 Å². The minimum Gasteiger partial charge on any atom is -0.493 e. The number of nitrogens with zero attached hydrogens (tertiary/aromatic N) is 1. The van der Waals surface area contributed by atoms with Crippen molar-refractivity contribution >= 4 is 28.9 Å². The number of aromatic amines is 1. The molecule has 0 fully saturated rings. The van der Waals surface area contributed by atoms with Crippen LogP contribution in [0.4, 0.5) is 0 Å². The van der Waals surface area contributed by atoms with Crippen molar-refractivity contribution in [1.82, 2.24) is 9.97 Å². The molecule has 0 atom stereocenters. The number of aromatic nitrogens is 2. The van der Waals surface area contributed by atoms with Gasteiger partial charge >= 0.3 is 0 Å². The van der Waals surface area contributed by atoms with Crippen molar-refractivity contribution in [2.24, 2.45) is 0 Å². The van der Waals surface area contributed by atoms with Gasteiger partial charge in [-0.1, -0.05) is 42.1 Å². The zero-order chi connectivity index (χ0) is 17.5. The van der Waals surface area contributed by atoms with E-state index >= 15 is 0 Å². The van der Waals surface area contributed by atoms with Gasteiger partial charge in [0, 0.05) is 5.75 Å². The van der Waals surface area contributed by atoms with Crippen molar-refractivity contribution in [2.45, 2.75) is 18.5 Å². The number of imidazole rings is 1. The van der Waals surface area contributed by atoms with E-state index in [1.165, 1.54) is 0 Å². The minimum atomic E-state index is 0.645. The third-order valence-electron chi connectivity index (χ3n) is 3.70. The first-order chi connectivity index (χ1) is 12.3. The predicted octanol–water partition coefficient (Wildman–Crippen LogP) is 5.17. The summed E-state index contributed by atoms with van der Waals surface area (Å²) in [6.45, 7) is 2.64. The fourth-order valence-electron chi connectivity index (χ4n) is 2.51. The normalized spacial score (nSPS) is 11.3. The van der Waals surface area contributed by atoms with Crippen molar-refractivity contribution < 1.29 is 9.47 Å². The van der Waals surface area contributed by atoms with E-state index in [-0.39, 0.29) is 0 Å². The van der Waals surface area contributed by atoms with Crippen LogP contribution in [0.25, 0.3) is 17.1 Å². The topological polar surface area (TPSA) is 47.1 Å². The van der Waals surface area contributed by atoms with Crippen molar-refractivity contribution in [3.05, 3.63) is 54.1 Å². The first-order valence-electron chi connectivity index (χ1n) is 8.31. The third kappa shape index (κ3) is 4.57. The van der Waals surface area contributed by atoms with Crippen LogP contribution in [0.5, 0.6) is 11.5 Å². The van der Waals surface area contributed by atoms with Gasteiger partial charge in [0.1, 0.15) is 0 Å². The lowest BCUT2D eigenvalue weighted by molar-refractivity contribution is 0.295. The number of ether oxygens (including phenoxy) is 2. The Labute approximate surface area is 152 Å². The second-order valence-electron chi connectivity index (χ2n) is 5.52. The number of benzene rings is 2. The average molecular weight is 354 g/mol. The molecule has 0 radical (unpaired) electrons. The lowest BCUT2D eigenvalue weighted by atomic mass is 10.2. The average Bonchev–Trinajstić information content (AvgIpc) is 3.05. The molecule has 130 valence electrons. The van der Waals surface area contributed by atoms with E-state index in [2.05, 4.69) is 9.97 Å². The number of hydrogen-bond donors (Lipinski definition) is 1. The van der Waals surface area contributed by atoms with Gasteiger partial charge in [-0.15, -0.1) is 0 Å². The summed E-state index contributed by atoms with van der Waals surface area (Å²) in [4.78, 5) is 7.89. The summed E-state index contributed by atoms with van der Waals surface area (Å²) < 4.78 is 11.3. The number of rotatable bonds is 8. The Bertz CT molecular complexity index is 825. The molecule has 0 saturated carbocycles. The number of nitrogens with one attached hydrogen (secondary N) is 1. The molecule has 0 aliphatic carbocycles. The molecule has 0 aliphatic heterocycles. The van der Waals surface area contributed by atoms with Crippen LogP contribution in [0.15, 0.2) is 53.7 Å². The van der Waals surface area contributed by atoms with E-state index in [4.69, 9.17) is 9.47 Å². The van der Waals surface area contributed by atoms with Gasteiger partial charge < -0.3 is 14.5 Å². The number of hydrogen-bond acceptors (Lipinski definition) is 4. The summed E-state index contributed by atoms with van der Waals surface area (Å²) in [6.07, 6.45) is 4.97. The molecule has 4 nitrogen and oxygen atoms in total. The van der Waals surface area contributed by atoms with Crippen LogP contribution in [0.1, 0.15) is 18.9 Å². The summed E-state index contributed by atoms with van der Waals surface area (Å²) >= 11 is 1.71. The molecule has 0 spiro atoms. The minimum absolute atomic E-state index is 0.645. The molecule has 0 saturated heterocycles. The van der Waals surface area contributed by atoms with Gasteiger partial charge in [-0.3, -0.25) is 0 Å². The lowest BCUT2D eigenvalue weighted by Crippen LogP contribution is -2.00. The number of allylic oxidation sites excluding steroid dienone is 1. The van der Waals surface area contributed by atoms with Gasteiger partial charge in [-0.2, -0.15) is 0 Å². The van der Waals surface area contributed by atoms with Crippen LogP contribution < -0.4 is 9.47 Å². The Morgan fingerprint density at radius 2 is 2.04 bits per heavy atom. The van der Waals surface area contributed by atoms with Crippen LogP contribution in [-0.2, 0) is 0 Å². The van der Waals surface area contributed by atoms with Crippen LogP contribution in [0.2, 0.25) is 0 Å². The van der Waals surface area contributed by atoms with Gasteiger partial charge in [-0.05, 0) is 43.2 Å². The molecule has 1 heterocycles. The third-order valence-corrected chi connectivity index (χ3v) is 4.66. The highest BCUT2D eigenvalue weighted by molar-refractivity contribution is 7.99. The maximum Gasteiger partial charge on any atom is 0.166 e. The fraction of sp³-hybridized carbons (Fsp3) is 0.250. The number of fused-ring (bicyclic) bond motifs is 1. The van der Waals surface area contributed by atoms with E-state index in [0.717, 1.165) is 45.4 Å². The largest absolute Gasteiger partial charge is 0.493 e. The van der Waals surface area contributed by atoms with E-state index in [0.29, 0.717) is 6.61 Å². The smallest absolute Gasteiger partial charge is 0.166 e. The number of methoxy groups -OCH3 is 1. The highest BCUT2D eigenvalue weighted by Gasteiger charge is 2.06. The predicted molar refractivity (Wildman–Crippen MR) is 105 cm³/mol. The lowest BCUT2D eigenvalue weighted by Gasteiger charge is -2.11. The molecule has 0 unspecified atom stereocenters. The Morgan fingerprint density at radius 3 is 2.84 bits per heavy atom. The standard InChI is InChI=1S/C20H22N2O2S/c1-3-7-15-10-11-18(19(14-15)23-2)24-12-6-13-25-20-21-16-8-4-5-9-17(16)22-20/h3-5,7-11,14H,6,12-13H2,1-2H3,(H,21,22)/b7-3+. The molecule has 2 aromatic carbocycles. The Morgan fingerprint density at radius 1 is 1.16 bits per heavy atom. The van der Waals surface area contributed by atoms with Gasteiger partial charge in [-0.25, -0.2) is 4.98 Å². The molecule has 5 heteroatoms. The van der Waals surface area contributed by atoms with Gasteiger partial charge in [0.25, 0.3) is 0 Å². The molecule has 1 aromatic heterocycles. The van der Waals surface area contributed by atoms with E-state index < -0.39 is 0 Å². The second-order valence-corrected chi connectivity index (χ2v) is 6.60. The van der Waals surface area contributed by atoms with Crippen LogP contribution >= 0.6 is 11.8 Å². The summed E-state index contributed by atoms with van der Waals surface area (Å²) in [5.74, 6) is 2.49. The summed E-state index contributed by atoms with van der Waals surface area (Å²) in [5.41, 5.74) is 3.19. The fourth-order valence-corrected chi connectivity index (χ4v) is 3.31. The highest BCUT2D eigenvalue weighted by Crippen LogP contribution is 2.29. The molecule has 25 heavy (non-hydrogen) atoms. The molecule has 1 N–H and O–H groups in total. The first kappa shape index (κ1) is 17.4. The quantitative estimate of drug-likeness (QED) is 0.448. The summed E-state index contributed by atoms with van der Waals surface area (Å²) in [6, 6.07) is 14.0. The van der Waals surface area contributed by atoms with Crippen molar-refractivity contribution in [3.8, 4) is 11.5 Å². The first-order valence-corrected chi connectivity index (χ1v) is 9.30. The maximum absolute atomic E-state index is 5.87. The van der Waals surface area contributed by atoms with Gasteiger partial charge in [0.05, 0.1) is 24.8 Å². The Balaban J connectivity index is 1.48. The molecule has 3 rings (SSSR count). The molecule has 0 amide bonds. The molecule has 3 aromatic rings. The van der Waals surface area contributed by atoms with Gasteiger partial charge in [0.2, 0.25) is 0 Å². The summed E-state index contributed by atoms with van der Waals surface area (Å²) in [7, 11) is 1.67. The zero-order valence-electron chi connectivity index (χ0n) is 14.5. The monoisotopic (exact) mass is 354 g/mol. The number of H-pyrrole nitrogens is 1. The second kappa shape index (κ2) is 8.62. The molecular formula is C20H22N2O2S. The Kier molecular flexibility index (Phi) is 6.01. The van der Waals surface area contributed by atoms with E-state index in [1.54, 1.807) is 18.9 Å². The van der Waals surface area contributed by atoms with E-state index in [9.17, 15) is 0 Å². The van der Waals surface area contributed by atoms with Crippen molar-refractivity contribution in [1.29, 1.82) is 0 Å². The molecular weight excluding hydrogens is 332 g/mol. The SMILES string of the molecule is C/C=C/c1ccc(OCCCSc2nc3ccccc3[nH]2)c(OC)c1. The van der Waals surface area contributed by atoms with E-state index in [1.807, 2.05) is 61.5 Å². The van der Waals surface area contributed by atoms with Gasteiger partial charge in [0.15, 0.2) is 16.7 Å². The maximum atomic E-state index is 5.87. The van der Waals surface area contributed by atoms with Crippen molar-refractivity contribution in [2.75, 3.05) is 19.5 Å². The zero-order valence-corrected chi connectivity index (χ0v) is 15.3. The highest BCUT2D eigenvalue weighted by atomic mass is 32.2.